The van der Waals surface area contributed by atoms with Crippen molar-refractivity contribution in [3.05, 3.63) is 64.2 Å². The van der Waals surface area contributed by atoms with E-state index < -0.39 is 4.92 Å². The van der Waals surface area contributed by atoms with E-state index in [1.165, 1.54) is 17.8 Å². The van der Waals surface area contributed by atoms with E-state index in [1.54, 1.807) is 12.1 Å². The number of ether oxygens (including phenoxy) is 1. The van der Waals surface area contributed by atoms with Gasteiger partial charge in [-0.15, -0.1) is 10.2 Å². The summed E-state index contributed by atoms with van der Waals surface area (Å²) in [7, 11) is 0. The van der Waals surface area contributed by atoms with E-state index in [0.717, 1.165) is 11.1 Å². The first kappa shape index (κ1) is 17.9. The van der Waals surface area contributed by atoms with E-state index in [4.69, 9.17) is 9.15 Å². The zero-order valence-corrected chi connectivity index (χ0v) is 15.1. The van der Waals surface area contributed by atoms with Crippen molar-refractivity contribution in [2.45, 2.75) is 24.3 Å². The molecule has 0 aliphatic heterocycles. The second-order valence-corrected chi connectivity index (χ2v) is 6.71. The lowest BCUT2D eigenvalue weighted by atomic mass is 10.1. The van der Waals surface area contributed by atoms with Crippen molar-refractivity contribution in [3.63, 3.8) is 0 Å². The molecule has 1 heterocycles. The van der Waals surface area contributed by atoms with Crippen LogP contribution in [-0.4, -0.2) is 21.7 Å². The smallest absolute Gasteiger partial charge is 0.277 e. The van der Waals surface area contributed by atoms with Crippen LogP contribution in [0.25, 0.3) is 11.5 Å². The van der Waals surface area contributed by atoms with E-state index in [0.29, 0.717) is 23.5 Å². The molecule has 0 radical (unpaired) electrons. The van der Waals surface area contributed by atoms with Gasteiger partial charge >= 0.3 is 0 Å². The molecule has 1 unspecified atom stereocenters. The fraction of sp³-hybridized carbons (Fsp3) is 0.222. The molecular formula is C18H17N3O4S. The molecule has 7 nitrogen and oxygen atoms in total. The largest absolute Gasteiger partial charge is 0.493 e. The Labute approximate surface area is 154 Å². The summed E-state index contributed by atoms with van der Waals surface area (Å²) in [5.74, 6) is 1.06. The summed E-state index contributed by atoms with van der Waals surface area (Å²) in [5.41, 5.74) is 1.61. The van der Waals surface area contributed by atoms with Crippen molar-refractivity contribution in [1.29, 1.82) is 0 Å². The Hall–Kier alpha value is -2.87. The molecule has 0 amide bonds. The number of thioether (sulfide) groups is 1. The molecule has 0 saturated carbocycles. The minimum Gasteiger partial charge on any atom is -0.493 e. The predicted octanol–water partition coefficient (Wildman–Crippen LogP) is 4.90. The van der Waals surface area contributed by atoms with Gasteiger partial charge in [0.05, 0.1) is 17.1 Å². The lowest BCUT2D eigenvalue weighted by Gasteiger charge is -2.08. The summed E-state index contributed by atoms with van der Waals surface area (Å²) < 4.78 is 11.3. The van der Waals surface area contributed by atoms with Gasteiger partial charge in [-0.1, -0.05) is 36.0 Å². The highest BCUT2D eigenvalue weighted by atomic mass is 32.2. The standard InChI is InChI=1S/C18H17N3O4S/c1-3-24-16-10-5-4-9-15(16)17-19-20-18(25-17)26-12(2)13-7-6-8-14(11-13)21(22)23/h4-12H,3H2,1-2H3. The molecule has 0 bridgehead atoms. The number of nitrogens with zero attached hydrogens (tertiary/aromatic N) is 3. The Kier molecular flexibility index (Phi) is 5.52. The van der Waals surface area contributed by atoms with Gasteiger partial charge in [0, 0.05) is 17.4 Å². The summed E-state index contributed by atoms with van der Waals surface area (Å²) >= 11 is 1.35. The number of hydrogen-bond acceptors (Lipinski definition) is 7. The first-order chi connectivity index (χ1) is 12.6. The average Bonchev–Trinajstić information content (AvgIpc) is 3.11. The Balaban J connectivity index is 1.78. The van der Waals surface area contributed by atoms with Gasteiger partial charge in [-0.3, -0.25) is 10.1 Å². The third-order valence-corrected chi connectivity index (χ3v) is 4.64. The Morgan fingerprint density at radius 2 is 2.04 bits per heavy atom. The number of nitro groups is 1. The van der Waals surface area contributed by atoms with Crippen LogP contribution in [0, 0.1) is 10.1 Å². The highest BCUT2D eigenvalue weighted by Gasteiger charge is 2.18. The van der Waals surface area contributed by atoms with Gasteiger partial charge in [0.25, 0.3) is 16.8 Å². The maximum Gasteiger partial charge on any atom is 0.277 e. The van der Waals surface area contributed by atoms with Gasteiger partial charge in [0.2, 0.25) is 0 Å². The Morgan fingerprint density at radius 1 is 1.23 bits per heavy atom. The van der Waals surface area contributed by atoms with Gasteiger partial charge in [-0.2, -0.15) is 0 Å². The minimum atomic E-state index is -0.406. The molecule has 1 aromatic heterocycles. The molecule has 1 atom stereocenters. The number of benzene rings is 2. The molecule has 2 aromatic carbocycles. The molecule has 8 heteroatoms. The molecular weight excluding hydrogens is 354 g/mol. The number of para-hydroxylation sites is 1. The van der Waals surface area contributed by atoms with Gasteiger partial charge in [-0.25, -0.2) is 0 Å². The third-order valence-electron chi connectivity index (χ3n) is 3.65. The number of aromatic nitrogens is 2. The molecule has 0 saturated heterocycles. The van der Waals surface area contributed by atoms with Crippen molar-refractivity contribution < 1.29 is 14.1 Å². The van der Waals surface area contributed by atoms with Crippen LogP contribution < -0.4 is 4.74 Å². The zero-order chi connectivity index (χ0) is 18.5. The molecule has 26 heavy (non-hydrogen) atoms. The number of hydrogen-bond donors (Lipinski definition) is 0. The maximum absolute atomic E-state index is 10.9. The van der Waals surface area contributed by atoms with Crippen molar-refractivity contribution in [3.8, 4) is 17.2 Å². The summed E-state index contributed by atoms with van der Waals surface area (Å²) in [4.78, 5) is 10.5. The lowest BCUT2D eigenvalue weighted by molar-refractivity contribution is -0.384. The van der Waals surface area contributed by atoms with Crippen molar-refractivity contribution in [2.24, 2.45) is 0 Å². The zero-order valence-electron chi connectivity index (χ0n) is 14.3. The van der Waals surface area contributed by atoms with Crippen LogP contribution >= 0.6 is 11.8 Å². The molecule has 3 rings (SSSR count). The Morgan fingerprint density at radius 3 is 2.81 bits per heavy atom. The highest BCUT2D eigenvalue weighted by Crippen LogP contribution is 2.37. The number of non-ortho nitro benzene ring substituents is 1. The van der Waals surface area contributed by atoms with Gasteiger partial charge in [0.15, 0.2) is 0 Å². The SMILES string of the molecule is CCOc1ccccc1-c1nnc(SC(C)c2cccc([N+](=O)[O-])c2)o1. The van der Waals surface area contributed by atoms with Crippen LogP contribution in [0.5, 0.6) is 5.75 Å². The second kappa shape index (κ2) is 8.01. The molecule has 0 spiro atoms. The predicted molar refractivity (Wildman–Crippen MR) is 98.3 cm³/mol. The third kappa shape index (κ3) is 4.02. The van der Waals surface area contributed by atoms with Gasteiger partial charge in [0.1, 0.15) is 5.75 Å². The van der Waals surface area contributed by atoms with E-state index in [-0.39, 0.29) is 10.9 Å². The van der Waals surface area contributed by atoms with Crippen molar-refractivity contribution in [2.75, 3.05) is 6.61 Å². The van der Waals surface area contributed by atoms with E-state index >= 15 is 0 Å². The summed E-state index contributed by atoms with van der Waals surface area (Å²) in [5, 5.41) is 19.4. The molecule has 0 aliphatic rings. The van der Waals surface area contributed by atoms with Gasteiger partial charge in [-0.05, 0) is 31.5 Å². The summed E-state index contributed by atoms with van der Waals surface area (Å²) in [6.07, 6.45) is 0. The van der Waals surface area contributed by atoms with Gasteiger partial charge < -0.3 is 9.15 Å². The molecule has 0 fully saturated rings. The highest BCUT2D eigenvalue weighted by molar-refractivity contribution is 7.99. The fourth-order valence-corrected chi connectivity index (χ4v) is 3.20. The van der Waals surface area contributed by atoms with Crippen molar-refractivity contribution in [1.82, 2.24) is 10.2 Å². The van der Waals surface area contributed by atoms with Crippen LogP contribution in [0.3, 0.4) is 0 Å². The van der Waals surface area contributed by atoms with Crippen molar-refractivity contribution >= 4 is 17.4 Å². The molecule has 0 N–H and O–H groups in total. The fourth-order valence-electron chi connectivity index (χ4n) is 2.40. The van der Waals surface area contributed by atoms with E-state index in [2.05, 4.69) is 10.2 Å². The molecule has 3 aromatic rings. The first-order valence-electron chi connectivity index (χ1n) is 8.05. The monoisotopic (exact) mass is 371 g/mol. The Bertz CT molecular complexity index is 913. The maximum atomic E-state index is 10.9. The first-order valence-corrected chi connectivity index (χ1v) is 8.93. The number of nitro benzene ring substituents is 1. The summed E-state index contributed by atoms with van der Waals surface area (Å²) in [6, 6.07) is 14.0. The second-order valence-electron chi connectivity index (χ2n) is 5.41. The average molecular weight is 371 g/mol. The molecule has 0 aliphatic carbocycles. The van der Waals surface area contributed by atoms with Crippen LogP contribution in [0.4, 0.5) is 5.69 Å². The summed E-state index contributed by atoms with van der Waals surface area (Å²) in [6.45, 7) is 4.38. The quantitative estimate of drug-likeness (QED) is 0.331. The van der Waals surface area contributed by atoms with E-state index in [9.17, 15) is 10.1 Å². The van der Waals surface area contributed by atoms with Crippen LogP contribution in [-0.2, 0) is 0 Å². The minimum absolute atomic E-state index is 0.0619. The number of rotatable bonds is 7. The normalized spacial score (nSPS) is 11.9. The topological polar surface area (TPSA) is 91.3 Å². The van der Waals surface area contributed by atoms with Crippen LogP contribution in [0.15, 0.2) is 58.2 Å². The lowest BCUT2D eigenvalue weighted by Crippen LogP contribution is -1.93. The van der Waals surface area contributed by atoms with E-state index in [1.807, 2.05) is 44.2 Å². The molecule has 134 valence electrons. The van der Waals surface area contributed by atoms with Crippen LogP contribution in [0.1, 0.15) is 24.7 Å². The van der Waals surface area contributed by atoms with Crippen LogP contribution in [0.2, 0.25) is 0 Å².